The Morgan fingerprint density at radius 1 is 1.24 bits per heavy atom. The van der Waals surface area contributed by atoms with Crippen molar-refractivity contribution in [3.8, 4) is 22.9 Å². The van der Waals surface area contributed by atoms with E-state index in [9.17, 15) is 4.79 Å². The minimum atomic E-state index is -0.0930. The number of amides is 1. The van der Waals surface area contributed by atoms with Crippen LogP contribution in [0.1, 0.15) is 23.3 Å². The number of para-hydroxylation sites is 1. The first-order valence-electron chi connectivity index (χ1n) is 9.55. The van der Waals surface area contributed by atoms with E-state index in [1.807, 2.05) is 35.2 Å². The number of benzene rings is 1. The Labute approximate surface area is 169 Å². The van der Waals surface area contributed by atoms with E-state index < -0.39 is 0 Å². The lowest BCUT2D eigenvalue weighted by atomic mass is 10.1. The zero-order valence-corrected chi connectivity index (χ0v) is 16.5. The van der Waals surface area contributed by atoms with Gasteiger partial charge in [0, 0.05) is 31.4 Å². The Morgan fingerprint density at radius 3 is 2.90 bits per heavy atom. The molecule has 1 unspecified atom stereocenters. The molecule has 1 aliphatic heterocycles. The largest absolute Gasteiger partial charge is 0.496 e. The van der Waals surface area contributed by atoms with Crippen LogP contribution in [-0.2, 0) is 7.05 Å². The molecule has 3 aromatic rings. The molecule has 2 aromatic heterocycles. The number of ether oxygens (including phenoxy) is 2. The van der Waals surface area contributed by atoms with Gasteiger partial charge < -0.3 is 14.4 Å². The van der Waals surface area contributed by atoms with Gasteiger partial charge in [-0.25, -0.2) is 9.97 Å². The molecule has 0 saturated carbocycles. The topological polar surface area (TPSA) is 82.4 Å². The number of nitrogens with zero attached hydrogens (tertiary/aromatic N) is 5. The Hall–Kier alpha value is -3.42. The molecule has 29 heavy (non-hydrogen) atoms. The van der Waals surface area contributed by atoms with Gasteiger partial charge in [-0.05, 0) is 31.0 Å². The zero-order valence-electron chi connectivity index (χ0n) is 16.5. The standard InChI is InChI=1S/C21H23N5O3/c1-25-18(12-17(24-25)16-7-3-4-8-19(16)28-2)21(27)26-11-5-6-15(13-26)29-20-9-10-22-14-23-20/h3-4,7-10,12,14-15H,5-6,11,13H2,1-2H3. The maximum atomic E-state index is 13.2. The number of carbonyl (C=O) groups is 1. The van der Waals surface area contributed by atoms with Crippen LogP contribution in [0.4, 0.5) is 0 Å². The second-order valence-corrected chi connectivity index (χ2v) is 6.92. The number of methoxy groups -OCH3 is 1. The first-order chi connectivity index (χ1) is 14.2. The van der Waals surface area contributed by atoms with Crippen LogP contribution in [0.15, 0.2) is 48.9 Å². The Balaban J connectivity index is 1.51. The summed E-state index contributed by atoms with van der Waals surface area (Å²) in [5, 5.41) is 4.53. The van der Waals surface area contributed by atoms with Gasteiger partial charge in [0.15, 0.2) is 0 Å². The van der Waals surface area contributed by atoms with Crippen LogP contribution >= 0.6 is 0 Å². The van der Waals surface area contributed by atoms with Crippen molar-refractivity contribution in [3.05, 3.63) is 54.6 Å². The fourth-order valence-electron chi connectivity index (χ4n) is 3.56. The van der Waals surface area contributed by atoms with Crippen molar-refractivity contribution >= 4 is 5.91 Å². The van der Waals surface area contributed by atoms with Crippen LogP contribution < -0.4 is 9.47 Å². The lowest BCUT2D eigenvalue weighted by molar-refractivity contribution is 0.0518. The number of rotatable bonds is 5. The molecule has 0 aliphatic carbocycles. The maximum absolute atomic E-state index is 13.2. The van der Waals surface area contributed by atoms with Crippen LogP contribution in [0.3, 0.4) is 0 Å². The molecular formula is C21H23N5O3. The van der Waals surface area contributed by atoms with Gasteiger partial charge in [0.2, 0.25) is 5.88 Å². The second kappa shape index (κ2) is 8.30. The van der Waals surface area contributed by atoms with Crippen molar-refractivity contribution < 1.29 is 14.3 Å². The van der Waals surface area contributed by atoms with Crippen LogP contribution in [0.5, 0.6) is 11.6 Å². The van der Waals surface area contributed by atoms with Gasteiger partial charge in [-0.1, -0.05) is 12.1 Å². The summed E-state index contributed by atoms with van der Waals surface area (Å²) in [6.45, 7) is 1.20. The molecule has 1 aromatic carbocycles. The van der Waals surface area contributed by atoms with Gasteiger partial charge in [0.05, 0.1) is 19.3 Å². The van der Waals surface area contributed by atoms with E-state index in [0.29, 0.717) is 30.4 Å². The highest BCUT2D eigenvalue weighted by atomic mass is 16.5. The van der Waals surface area contributed by atoms with E-state index in [-0.39, 0.29) is 12.0 Å². The summed E-state index contributed by atoms with van der Waals surface area (Å²) in [6, 6.07) is 11.2. The van der Waals surface area contributed by atoms with Crippen molar-refractivity contribution in [2.24, 2.45) is 7.05 Å². The minimum absolute atomic E-state index is 0.0582. The van der Waals surface area contributed by atoms with E-state index in [2.05, 4.69) is 15.1 Å². The summed E-state index contributed by atoms with van der Waals surface area (Å²) in [5.41, 5.74) is 2.10. The minimum Gasteiger partial charge on any atom is -0.496 e. The Morgan fingerprint density at radius 2 is 2.10 bits per heavy atom. The molecule has 4 rings (SSSR count). The SMILES string of the molecule is COc1ccccc1-c1cc(C(=O)N2CCCC(Oc3ccncn3)C2)n(C)n1. The fraction of sp³-hybridized carbons (Fsp3) is 0.333. The van der Waals surface area contributed by atoms with Gasteiger partial charge in [-0.15, -0.1) is 0 Å². The number of aromatic nitrogens is 4. The maximum Gasteiger partial charge on any atom is 0.272 e. The molecule has 150 valence electrons. The van der Waals surface area contributed by atoms with Crippen molar-refractivity contribution in [2.45, 2.75) is 18.9 Å². The van der Waals surface area contributed by atoms with Crippen LogP contribution in [0, 0.1) is 0 Å². The number of likely N-dealkylation sites (tertiary alicyclic amines) is 1. The molecule has 1 atom stereocenters. The lowest BCUT2D eigenvalue weighted by Crippen LogP contribution is -2.45. The first-order valence-corrected chi connectivity index (χ1v) is 9.55. The summed E-state index contributed by atoms with van der Waals surface area (Å²) >= 11 is 0. The van der Waals surface area contributed by atoms with Crippen molar-refractivity contribution in [2.75, 3.05) is 20.2 Å². The third-order valence-electron chi connectivity index (χ3n) is 4.99. The van der Waals surface area contributed by atoms with Crippen molar-refractivity contribution in [1.82, 2.24) is 24.6 Å². The van der Waals surface area contributed by atoms with E-state index in [4.69, 9.17) is 9.47 Å². The van der Waals surface area contributed by atoms with Crippen molar-refractivity contribution in [3.63, 3.8) is 0 Å². The summed E-state index contributed by atoms with van der Waals surface area (Å²) < 4.78 is 13.0. The lowest BCUT2D eigenvalue weighted by Gasteiger charge is -2.32. The quantitative estimate of drug-likeness (QED) is 0.663. The highest BCUT2D eigenvalue weighted by Crippen LogP contribution is 2.29. The summed E-state index contributed by atoms with van der Waals surface area (Å²) in [5.74, 6) is 1.19. The molecule has 3 heterocycles. The predicted molar refractivity (Wildman–Crippen MR) is 107 cm³/mol. The number of hydrogen-bond donors (Lipinski definition) is 0. The number of hydrogen-bond acceptors (Lipinski definition) is 6. The van der Waals surface area contributed by atoms with Gasteiger partial charge in [0.1, 0.15) is 23.9 Å². The molecule has 0 N–H and O–H groups in total. The zero-order chi connectivity index (χ0) is 20.2. The first kappa shape index (κ1) is 18.9. The molecule has 1 aliphatic rings. The average Bonchev–Trinajstić information content (AvgIpc) is 3.15. The molecule has 0 radical (unpaired) electrons. The molecule has 0 bridgehead atoms. The highest BCUT2D eigenvalue weighted by Gasteiger charge is 2.28. The highest BCUT2D eigenvalue weighted by molar-refractivity contribution is 5.94. The number of piperidine rings is 1. The Kier molecular flexibility index (Phi) is 5.41. The van der Waals surface area contributed by atoms with E-state index >= 15 is 0 Å². The van der Waals surface area contributed by atoms with Crippen molar-refractivity contribution in [1.29, 1.82) is 0 Å². The summed E-state index contributed by atoms with van der Waals surface area (Å²) in [6.07, 6.45) is 4.76. The average molecular weight is 393 g/mol. The van der Waals surface area contributed by atoms with E-state index in [1.54, 1.807) is 31.1 Å². The Bertz CT molecular complexity index is 989. The van der Waals surface area contributed by atoms with Crippen LogP contribution in [-0.4, -0.2) is 56.9 Å². The second-order valence-electron chi connectivity index (χ2n) is 6.92. The molecule has 0 spiro atoms. The van der Waals surface area contributed by atoms with E-state index in [0.717, 1.165) is 24.2 Å². The smallest absolute Gasteiger partial charge is 0.272 e. The predicted octanol–water partition coefficient (Wildman–Crippen LogP) is 2.57. The molecule has 1 fully saturated rings. The molecular weight excluding hydrogens is 370 g/mol. The van der Waals surface area contributed by atoms with Crippen LogP contribution in [0.2, 0.25) is 0 Å². The third-order valence-corrected chi connectivity index (χ3v) is 4.99. The van der Waals surface area contributed by atoms with Crippen LogP contribution in [0.25, 0.3) is 11.3 Å². The number of carbonyl (C=O) groups excluding carboxylic acids is 1. The van der Waals surface area contributed by atoms with Gasteiger partial charge in [0.25, 0.3) is 5.91 Å². The van der Waals surface area contributed by atoms with E-state index in [1.165, 1.54) is 6.33 Å². The molecule has 8 heteroatoms. The number of aryl methyl sites for hydroxylation is 1. The van der Waals surface area contributed by atoms with Gasteiger partial charge in [-0.2, -0.15) is 5.10 Å². The molecule has 1 saturated heterocycles. The summed E-state index contributed by atoms with van der Waals surface area (Å²) in [7, 11) is 3.41. The third kappa shape index (κ3) is 4.06. The monoisotopic (exact) mass is 393 g/mol. The normalized spacial score (nSPS) is 16.5. The molecule has 1 amide bonds. The van der Waals surface area contributed by atoms with Gasteiger partial charge in [-0.3, -0.25) is 9.48 Å². The summed E-state index contributed by atoms with van der Waals surface area (Å²) in [4.78, 5) is 23.0. The molecule has 8 nitrogen and oxygen atoms in total. The fourth-order valence-corrected chi connectivity index (χ4v) is 3.56. The van der Waals surface area contributed by atoms with Gasteiger partial charge >= 0.3 is 0 Å².